The summed E-state index contributed by atoms with van der Waals surface area (Å²) in [5, 5.41) is 3.65. The molecule has 0 spiro atoms. The Kier molecular flexibility index (Phi) is 5.22. The fraction of sp³-hybridized carbons (Fsp3) is 0.571. The number of carbonyl (C=O) groups is 1. The van der Waals surface area contributed by atoms with Crippen LogP contribution in [0.1, 0.15) is 49.9 Å². The van der Waals surface area contributed by atoms with Crippen molar-refractivity contribution in [2.75, 3.05) is 29.1 Å². The first kappa shape index (κ1) is 19.5. The SMILES string of the molecule is CC1CCN(c2cc(NC(=O)CC3CSc4nc5c(c(=O)n43)CCC5)ncn2)CC1. The fourth-order valence-corrected chi connectivity index (χ4v) is 5.69. The van der Waals surface area contributed by atoms with Gasteiger partial charge in [-0.05, 0) is 38.0 Å². The highest BCUT2D eigenvalue weighted by Gasteiger charge is 2.31. The Bertz CT molecular complexity index is 1030. The summed E-state index contributed by atoms with van der Waals surface area (Å²) >= 11 is 1.57. The van der Waals surface area contributed by atoms with Gasteiger partial charge < -0.3 is 10.2 Å². The number of aryl methyl sites for hydroxylation is 1. The predicted molar refractivity (Wildman–Crippen MR) is 116 cm³/mol. The molecule has 1 saturated heterocycles. The standard InChI is InChI=1S/C21H26N6O2S/c1-13-5-7-26(8-6-13)18-10-17(22-12-23-18)25-19(28)9-14-11-30-21-24-16-4-2-3-15(16)20(29)27(14)21/h10,12-14H,2-9,11H2,1H3,(H,22,23,25,28). The Balaban J connectivity index is 1.27. The molecule has 3 aliphatic rings. The van der Waals surface area contributed by atoms with Crippen LogP contribution in [0.25, 0.3) is 0 Å². The third kappa shape index (κ3) is 3.71. The van der Waals surface area contributed by atoms with Gasteiger partial charge in [0.15, 0.2) is 5.16 Å². The molecule has 0 aromatic carbocycles. The number of nitrogens with zero attached hydrogens (tertiary/aromatic N) is 5. The molecule has 1 aliphatic carbocycles. The van der Waals surface area contributed by atoms with E-state index < -0.39 is 0 Å². The molecule has 1 amide bonds. The third-order valence-electron chi connectivity index (χ3n) is 6.32. The summed E-state index contributed by atoms with van der Waals surface area (Å²) in [6, 6.07) is 1.67. The number of piperidine rings is 1. The van der Waals surface area contributed by atoms with Crippen molar-refractivity contribution in [3.05, 3.63) is 34.0 Å². The van der Waals surface area contributed by atoms with Gasteiger partial charge in [0.2, 0.25) is 5.91 Å². The van der Waals surface area contributed by atoms with Crippen LogP contribution in [0.5, 0.6) is 0 Å². The monoisotopic (exact) mass is 426 g/mol. The van der Waals surface area contributed by atoms with Crippen LogP contribution in [0, 0.1) is 5.92 Å². The maximum atomic E-state index is 12.9. The molecule has 8 nitrogen and oxygen atoms in total. The molecule has 1 unspecified atom stereocenters. The van der Waals surface area contributed by atoms with Crippen LogP contribution in [0.2, 0.25) is 0 Å². The molecule has 2 aromatic heterocycles. The van der Waals surface area contributed by atoms with Crippen LogP contribution in [-0.2, 0) is 17.6 Å². The third-order valence-corrected chi connectivity index (χ3v) is 7.42. The topological polar surface area (TPSA) is 93.0 Å². The van der Waals surface area contributed by atoms with Crippen molar-refractivity contribution >= 4 is 29.3 Å². The van der Waals surface area contributed by atoms with E-state index in [-0.39, 0.29) is 23.9 Å². The second kappa shape index (κ2) is 8.02. The normalized spacial score (nSPS) is 20.8. The number of hydrogen-bond acceptors (Lipinski definition) is 7. The zero-order valence-electron chi connectivity index (χ0n) is 17.1. The lowest BCUT2D eigenvalue weighted by Gasteiger charge is -2.31. The van der Waals surface area contributed by atoms with Crippen molar-refractivity contribution in [1.29, 1.82) is 0 Å². The number of amides is 1. The molecule has 0 bridgehead atoms. The minimum absolute atomic E-state index is 0.0407. The van der Waals surface area contributed by atoms with Crippen molar-refractivity contribution in [2.24, 2.45) is 5.92 Å². The van der Waals surface area contributed by atoms with Gasteiger partial charge in [-0.2, -0.15) is 0 Å². The molecule has 1 N–H and O–H groups in total. The Morgan fingerprint density at radius 2 is 2.10 bits per heavy atom. The van der Waals surface area contributed by atoms with E-state index in [0.29, 0.717) is 11.6 Å². The highest BCUT2D eigenvalue weighted by molar-refractivity contribution is 7.99. The molecular formula is C21H26N6O2S. The van der Waals surface area contributed by atoms with Crippen molar-refractivity contribution in [1.82, 2.24) is 19.5 Å². The maximum Gasteiger partial charge on any atom is 0.257 e. The van der Waals surface area contributed by atoms with E-state index in [1.54, 1.807) is 16.3 Å². The highest BCUT2D eigenvalue weighted by atomic mass is 32.2. The lowest BCUT2D eigenvalue weighted by Crippen LogP contribution is -2.33. The fourth-order valence-electron chi connectivity index (χ4n) is 4.54. The van der Waals surface area contributed by atoms with Crippen molar-refractivity contribution in [3.63, 3.8) is 0 Å². The summed E-state index contributed by atoms with van der Waals surface area (Å²) in [5.41, 5.74) is 1.83. The Morgan fingerprint density at radius 1 is 1.27 bits per heavy atom. The summed E-state index contributed by atoms with van der Waals surface area (Å²) in [5.74, 6) is 2.66. The molecule has 2 aliphatic heterocycles. The van der Waals surface area contributed by atoms with Crippen LogP contribution in [0.15, 0.2) is 22.3 Å². The molecule has 2 aromatic rings. The Morgan fingerprint density at radius 3 is 2.93 bits per heavy atom. The summed E-state index contributed by atoms with van der Waals surface area (Å²) in [6.45, 7) is 4.22. The molecular weight excluding hydrogens is 400 g/mol. The molecule has 0 radical (unpaired) electrons. The quantitative estimate of drug-likeness (QED) is 0.751. The number of fused-ring (bicyclic) bond motifs is 2. The molecule has 1 fully saturated rings. The van der Waals surface area contributed by atoms with E-state index in [4.69, 9.17) is 0 Å². The van der Waals surface area contributed by atoms with Crippen LogP contribution < -0.4 is 15.8 Å². The minimum Gasteiger partial charge on any atom is -0.356 e. The number of aromatic nitrogens is 4. The number of anilines is 2. The van der Waals surface area contributed by atoms with Crippen LogP contribution >= 0.6 is 11.8 Å². The number of hydrogen-bond donors (Lipinski definition) is 1. The van der Waals surface area contributed by atoms with Crippen LogP contribution in [-0.4, -0.2) is 44.3 Å². The molecule has 30 heavy (non-hydrogen) atoms. The Labute approximate surface area is 179 Å². The van der Waals surface area contributed by atoms with Gasteiger partial charge in [-0.3, -0.25) is 14.2 Å². The summed E-state index contributed by atoms with van der Waals surface area (Å²) in [7, 11) is 0. The maximum absolute atomic E-state index is 12.9. The lowest BCUT2D eigenvalue weighted by molar-refractivity contribution is -0.116. The average Bonchev–Trinajstić information content (AvgIpc) is 3.36. The number of nitrogens with one attached hydrogen (secondary N) is 1. The number of thioether (sulfide) groups is 1. The van der Waals surface area contributed by atoms with Gasteiger partial charge in [0, 0.05) is 36.9 Å². The zero-order chi connectivity index (χ0) is 20.7. The molecule has 1 atom stereocenters. The second-order valence-corrected chi connectivity index (χ2v) is 9.48. The van der Waals surface area contributed by atoms with Gasteiger partial charge in [-0.1, -0.05) is 18.7 Å². The van der Waals surface area contributed by atoms with Gasteiger partial charge >= 0.3 is 0 Å². The van der Waals surface area contributed by atoms with E-state index in [1.165, 1.54) is 6.33 Å². The first-order chi connectivity index (χ1) is 14.6. The van der Waals surface area contributed by atoms with E-state index in [2.05, 4.69) is 32.1 Å². The molecule has 9 heteroatoms. The van der Waals surface area contributed by atoms with Crippen molar-refractivity contribution in [2.45, 2.75) is 56.6 Å². The first-order valence-corrected chi connectivity index (χ1v) is 11.7. The summed E-state index contributed by atoms with van der Waals surface area (Å²) in [4.78, 5) is 41.1. The highest BCUT2D eigenvalue weighted by Crippen LogP contribution is 2.34. The van der Waals surface area contributed by atoms with Gasteiger partial charge in [-0.25, -0.2) is 15.0 Å². The molecule has 0 saturated carbocycles. The van der Waals surface area contributed by atoms with E-state index >= 15 is 0 Å². The largest absolute Gasteiger partial charge is 0.356 e. The first-order valence-electron chi connectivity index (χ1n) is 10.7. The van der Waals surface area contributed by atoms with E-state index in [9.17, 15) is 9.59 Å². The second-order valence-electron chi connectivity index (χ2n) is 8.50. The van der Waals surface area contributed by atoms with Crippen LogP contribution in [0.3, 0.4) is 0 Å². The van der Waals surface area contributed by atoms with Crippen molar-refractivity contribution in [3.8, 4) is 0 Å². The van der Waals surface area contributed by atoms with Gasteiger partial charge in [0.1, 0.15) is 18.0 Å². The predicted octanol–water partition coefficient (Wildman–Crippen LogP) is 2.43. The summed E-state index contributed by atoms with van der Waals surface area (Å²) < 4.78 is 1.73. The lowest BCUT2D eigenvalue weighted by atomic mass is 9.99. The molecule has 4 heterocycles. The Hall–Kier alpha value is -2.42. The number of rotatable bonds is 4. The number of carbonyl (C=O) groups excluding carboxylic acids is 1. The van der Waals surface area contributed by atoms with Crippen LogP contribution in [0.4, 0.5) is 11.6 Å². The zero-order valence-corrected chi connectivity index (χ0v) is 18.0. The minimum atomic E-state index is -0.166. The molecule has 5 rings (SSSR count). The molecule has 158 valence electrons. The van der Waals surface area contributed by atoms with Crippen molar-refractivity contribution < 1.29 is 4.79 Å². The van der Waals surface area contributed by atoms with Gasteiger partial charge in [0.25, 0.3) is 5.56 Å². The smallest absolute Gasteiger partial charge is 0.257 e. The van der Waals surface area contributed by atoms with Gasteiger partial charge in [-0.15, -0.1) is 0 Å². The van der Waals surface area contributed by atoms with E-state index in [0.717, 1.165) is 73.3 Å². The van der Waals surface area contributed by atoms with Gasteiger partial charge in [0.05, 0.1) is 11.7 Å². The summed E-state index contributed by atoms with van der Waals surface area (Å²) in [6.07, 6.45) is 6.71. The average molecular weight is 427 g/mol. The van der Waals surface area contributed by atoms with E-state index in [1.807, 2.05) is 6.07 Å².